The van der Waals surface area contributed by atoms with Crippen LogP contribution in [0, 0.1) is 0 Å². The molecule has 0 unspecified atom stereocenters. The van der Waals surface area contributed by atoms with Crippen molar-refractivity contribution in [2.24, 2.45) is 0 Å². The number of anilines is 2. The van der Waals surface area contributed by atoms with E-state index in [1.165, 1.54) is 5.56 Å². The molecule has 3 nitrogen and oxygen atoms in total. The molecule has 108 valence electrons. The Hall–Kier alpha value is -1.81. The van der Waals surface area contributed by atoms with Gasteiger partial charge in [0, 0.05) is 24.3 Å². The molecule has 0 aliphatic rings. The summed E-state index contributed by atoms with van der Waals surface area (Å²) in [6, 6.07) is 14.7. The van der Waals surface area contributed by atoms with Crippen molar-refractivity contribution in [3.05, 3.63) is 59.9 Å². The van der Waals surface area contributed by atoms with Crippen molar-refractivity contribution >= 4 is 33.1 Å². The van der Waals surface area contributed by atoms with Gasteiger partial charge in [-0.2, -0.15) is 0 Å². The van der Waals surface area contributed by atoms with E-state index in [9.17, 15) is 0 Å². The third-order valence-corrected chi connectivity index (χ3v) is 4.32. The lowest BCUT2D eigenvalue weighted by atomic mass is 10.1. The lowest BCUT2D eigenvalue weighted by Gasteiger charge is -2.18. The van der Waals surface area contributed by atoms with Gasteiger partial charge in [-0.3, -0.25) is 0 Å². The Morgan fingerprint density at radius 1 is 1.14 bits per heavy atom. The molecule has 3 rings (SSSR count). The molecule has 2 heterocycles. The zero-order valence-electron chi connectivity index (χ0n) is 12.3. The summed E-state index contributed by atoms with van der Waals surface area (Å²) < 4.78 is 2.13. The van der Waals surface area contributed by atoms with Crippen molar-refractivity contribution in [1.29, 1.82) is 0 Å². The van der Waals surface area contributed by atoms with Crippen LogP contribution in [-0.2, 0) is 11.8 Å². The molecule has 0 saturated carbocycles. The third-order valence-electron chi connectivity index (χ3n) is 3.78. The van der Waals surface area contributed by atoms with Gasteiger partial charge in [0.05, 0.1) is 5.69 Å². The summed E-state index contributed by atoms with van der Waals surface area (Å²) in [6.07, 6.45) is 3.11. The lowest BCUT2D eigenvalue weighted by molar-refractivity contribution is 1.07. The number of nitrogens with zero attached hydrogens (tertiary/aromatic N) is 3. The van der Waals surface area contributed by atoms with E-state index in [-0.39, 0.29) is 0 Å². The van der Waals surface area contributed by atoms with Crippen molar-refractivity contribution in [2.75, 3.05) is 11.9 Å². The first-order valence-corrected chi connectivity index (χ1v) is 8.21. The summed E-state index contributed by atoms with van der Waals surface area (Å²) >= 11 is 3.58. The first-order valence-electron chi connectivity index (χ1n) is 7.09. The van der Waals surface area contributed by atoms with Crippen LogP contribution < -0.4 is 4.90 Å². The Bertz CT molecular complexity index is 746. The van der Waals surface area contributed by atoms with Gasteiger partial charge in [-0.1, -0.05) is 41.1 Å². The molecule has 4 heteroatoms. The molecular weight excluding hydrogens is 326 g/mol. The maximum absolute atomic E-state index is 4.76. The summed E-state index contributed by atoms with van der Waals surface area (Å²) in [5.41, 5.74) is 4.63. The number of hydrogen-bond donors (Lipinski definition) is 0. The number of rotatable bonds is 4. The number of halogens is 1. The van der Waals surface area contributed by atoms with Crippen LogP contribution in [-0.4, -0.2) is 16.4 Å². The van der Waals surface area contributed by atoms with Crippen molar-refractivity contribution in [3.63, 3.8) is 0 Å². The zero-order chi connectivity index (χ0) is 14.8. The van der Waals surface area contributed by atoms with Gasteiger partial charge in [0.1, 0.15) is 5.65 Å². The highest BCUT2D eigenvalue weighted by Gasteiger charge is 2.15. The van der Waals surface area contributed by atoms with Crippen LogP contribution in [0.4, 0.5) is 11.5 Å². The van der Waals surface area contributed by atoms with E-state index in [1.807, 2.05) is 18.2 Å². The van der Waals surface area contributed by atoms with Crippen molar-refractivity contribution in [3.8, 4) is 0 Å². The van der Waals surface area contributed by atoms with Crippen LogP contribution in [0.15, 0.2) is 48.7 Å². The summed E-state index contributed by atoms with van der Waals surface area (Å²) in [5.74, 6) is 0.988. The number of aromatic nitrogens is 2. The molecule has 0 aliphatic heterocycles. The number of pyridine rings is 1. The van der Waals surface area contributed by atoms with Crippen LogP contribution in [0.2, 0.25) is 0 Å². The first kappa shape index (κ1) is 14.1. The van der Waals surface area contributed by atoms with E-state index in [4.69, 9.17) is 4.98 Å². The molecule has 0 saturated heterocycles. The second-order valence-electron chi connectivity index (χ2n) is 5.02. The van der Waals surface area contributed by atoms with Crippen LogP contribution in [0.25, 0.3) is 5.65 Å². The molecule has 0 bridgehead atoms. The van der Waals surface area contributed by atoms with E-state index in [1.54, 1.807) is 0 Å². The quantitative estimate of drug-likeness (QED) is 0.647. The van der Waals surface area contributed by atoms with Crippen molar-refractivity contribution in [1.82, 2.24) is 9.38 Å². The molecule has 0 radical (unpaired) electrons. The van der Waals surface area contributed by atoms with Gasteiger partial charge in [0.15, 0.2) is 5.82 Å². The van der Waals surface area contributed by atoms with Crippen molar-refractivity contribution < 1.29 is 0 Å². The second kappa shape index (κ2) is 5.90. The van der Waals surface area contributed by atoms with Crippen LogP contribution >= 0.6 is 15.9 Å². The van der Waals surface area contributed by atoms with Crippen molar-refractivity contribution in [2.45, 2.75) is 18.7 Å². The number of alkyl halides is 1. The van der Waals surface area contributed by atoms with Gasteiger partial charge in [0.25, 0.3) is 0 Å². The fraction of sp³-hybridized carbons (Fsp3) is 0.235. The summed E-state index contributed by atoms with van der Waals surface area (Å²) in [7, 11) is 2.06. The van der Waals surface area contributed by atoms with E-state index in [0.717, 1.165) is 34.6 Å². The lowest BCUT2D eigenvalue weighted by Crippen LogP contribution is -2.11. The highest BCUT2D eigenvalue weighted by atomic mass is 79.9. The van der Waals surface area contributed by atoms with Gasteiger partial charge >= 0.3 is 0 Å². The fourth-order valence-corrected chi connectivity index (χ4v) is 3.03. The number of benzene rings is 1. The van der Waals surface area contributed by atoms with E-state index < -0.39 is 0 Å². The highest BCUT2D eigenvalue weighted by Crippen LogP contribution is 2.29. The molecule has 2 aromatic heterocycles. The van der Waals surface area contributed by atoms with Crippen LogP contribution in [0.1, 0.15) is 18.2 Å². The number of aryl methyl sites for hydroxylation is 1. The molecule has 0 atom stereocenters. The Morgan fingerprint density at radius 2 is 1.90 bits per heavy atom. The Balaban J connectivity index is 2.05. The second-order valence-corrected chi connectivity index (χ2v) is 5.58. The summed E-state index contributed by atoms with van der Waals surface area (Å²) in [5, 5.41) is 0.769. The van der Waals surface area contributed by atoms with Crippen LogP contribution in [0.5, 0.6) is 0 Å². The number of hydrogen-bond acceptors (Lipinski definition) is 2. The van der Waals surface area contributed by atoms with Gasteiger partial charge in [0.2, 0.25) is 0 Å². The average molecular weight is 344 g/mol. The largest absolute Gasteiger partial charge is 0.328 e. The molecule has 21 heavy (non-hydrogen) atoms. The molecule has 0 spiro atoms. The predicted molar refractivity (Wildman–Crippen MR) is 91.7 cm³/mol. The van der Waals surface area contributed by atoms with E-state index in [0.29, 0.717) is 0 Å². The minimum atomic E-state index is 0.769. The Morgan fingerprint density at radius 3 is 2.57 bits per heavy atom. The minimum absolute atomic E-state index is 0.769. The fourth-order valence-electron chi connectivity index (χ4n) is 2.50. The third kappa shape index (κ3) is 2.56. The molecule has 0 fully saturated rings. The molecule has 0 aliphatic carbocycles. The van der Waals surface area contributed by atoms with Gasteiger partial charge in [-0.25, -0.2) is 4.98 Å². The standard InChI is InChI=1S/C17H18BrN3/c1-3-13-7-9-14(10-8-13)20(2)17-15(12-18)21-11-5-4-6-16(21)19-17/h4-11H,3,12H2,1-2H3. The molecule has 0 N–H and O–H groups in total. The van der Waals surface area contributed by atoms with Gasteiger partial charge < -0.3 is 9.30 Å². The maximum atomic E-state index is 4.76. The SMILES string of the molecule is CCc1ccc(N(C)c2nc3ccccn3c2CBr)cc1. The first-order chi connectivity index (χ1) is 10.2. The average Bonchev–Trinajstić information content (AvgIpc) is 2.92. The minimum Gasteiger partial charge on any atom is -0.328 e. The van der Waals surface area contributed by atoms with Gasteiger partial charge in [-0.15, -0.1) is 0 Å². The predicted octanol–water partition coefficient (Wildman–Crippen LogP) is 4.56. The highest BCUT2D eigenvalue weighted by molar-refractivity contribution is 9.08. The molecule has 3 aromatic rings. The topological polar surface area (TPSA) is 20.5 Å². The summed E-state index contributed by atoms with van der Waals surface area (Å²) in [6.45, 7) is 2.17. The Kier molecular flexibility index (Phi) is 3.97. The molecule has 0 amide bonds. The number of fused-ring (bicyclic) bond motifs is 1. The zero-order valence-corrected chi connectivity index (χ0v) is 13.8. The smallest absolute Gasteiger partial charge is 0.156 e. The summed E-state index contributed by atoms with van der Waals surface area (Å²) in [4.78, 5) is 6.90. The monoisotopic (exact) mass is 343 g/mol. The van der Waals surface area contributed by atoms with Gasteiger partial charge in [-0.05, 0) is 36.2 Å². The molecule has 1 aromatic carbocycles. The molecular formula is C17H18BrN3. The van der Waals surface area contributed by atoms with Crippen LogP contribution in [0.3, 0.4) is 0 Å². The van der Waals surface area contributed by atoms with E-state index in [2.05, 4.69) is 69.7 Å². The van der Waals surface area contributed by atoms with E-state index >= 15 is 0 Å². The Labute approximate surface area is 133 Å². The maximum Gasteiger partial charge on any atom is 0.156 e. The number of imidazole rings is 1. The normalized spacial score (nSPS) is 11.0.